The van der Waals surface area contributed by atoms with Crippen molar-refractivity contribution in [3.63, 3.8) is 0 Å². The first kappa shape index (κ1) is 15.7. The van der Waals surface area contributed by atoms with E-state index >= 15 is 0 Å². The summed E-state index contributed by atoms with van der Waals surface area (Å²) in [5.74, 6) is 0.912. The zero-order valence-corrected chi connectivity index (χ0v) is 13.0. The minimum absolute atomic E-state index is 0.165. The first-order valence-electron chi connectivity index (χ1n) is 7.96. The maximum absolute atomic E-state index is 11.9. The van der Waals surface area contributed by atoms with Gasteiger partial charge in [0.15, 0.2) is 0 Å². The summed E-state index contributed by atoms with van der Waals surface area (Å²) in [5.41, 5.74) is 5.87. The average Bonchev–Trinajstić information content (AvgIpc) is 3.22. The van der Waals surface area contributed by atoms with Crippen molar-refractivity contribution >= 4 is 5.91 Å². The molecule has 5 heteroatoms. The third kappa shape index (κ3) is 5.04. The lowest BCUT2D eigenvalue weighted by molar-refractivity contribution is -0.122. The number of rotatable bonds is 7. The second kappa shape index (κ2) is 7.38. The molecule has 2 fully saturated rings. The van der Waals surface area contributed by atoms with Crippen LogP contribution in [0.2, 0.25) is 0 Å². The van der Waals surface area contributed by atoms with Crippen molar-refractivity contribution in [2.75, 3.05) is 40.3 Å². The Morgan fingerprint density at radius 3 is 2.55 bits per heavy atom. The molecule has 1 atom stereocenters. The van der Waals surface area contributed by atoms with Crippen LogP contribution in [0, 0.1) is 5.92 Å². The Hall–Kier alpha value is -0.650. The van der Waals surface area contributed by atoms with Crippen LogP contribution >= 0.6 is 0 Å². The molecular weight excluding hydrogens is 252 g/mol. The number of nitrogens with zero attached hydrogens (tertiary/aromatic N) is 2. The molecule has 116 valence electrons. The molecule has 1 amide bonds. The van der Waals surface area contributed by atoms with Crippen molar-refractivity contribution in [1.82, 2.24) is 15.1 Å². The molecule has 0 aromatic rings. The van der Waals surface area contributed by atoms with Crippen LogP contribution in [0.3, 0.4) is 0 Å². The summed E-state index contributed by atoms with van der Waals surface area (Å²) in [4.78, 5) is 16.6. The van der Waals surface area contributed by atoms with E-state index < -0.39 is 0 Å². The van der Waals surface area contributed by atoms with Crippen molar-refractivity contribution in [3.8, 4) is 0 Å². The fourth-order valence-corrected chi connectivity index (χ4v) is 2.95. The zero-order chi connectivity index (χ0) is 14.5. The number of piperidine rings is 1. The van der Waals surface area contributed by atoms with Gasteiger partial charge in [0.25, 0.3) is 0 Å². The number of carbonyl (C=O) groups excluding carboxylic acids is 1. The third-order valence-electron chi connectivity index (χ3n) is 4.64. The van der Waals surface area contributed by atoms with Gasteiger partial charge >= 0.3 is 0 Å². The lowest BCUT2D eigenvalue weighted by atomic mass is 9.96. The summed E-state index contributed by atoms with van der Waals surface area (Å²) in [6, 6.07) is 0.619. The Balaban J connectivity index is 1.72. The van der Waals surface area contributed by atoms with Crippen molar-refractivity contribution in [1.29, 1.82) is 0 Å². The molecule has 0 aromatic carbocycles. The summed E-state index contributed by atoms with van der Waals surface area (Å²) in [5, 5.41) is 3.06. The lowest BCUT2D eigenvalue weighted by Gasteiger charge is -2.34. The first-order chi connectivity index (χ1) is 9.58. The van der Waals surface area contributed by atoms with Crippen molar-refractivity contribution < 1.29 is 4.79 Å². The van der Waals surface area contributed by atoms with Crippen LogP contribution in [-0.4, -0.2) is 68.1 Å². The number of nitrogens with one attached hydrogen (secondary N) is 1. The van der Waals surface area contributed by atoms with Gasteiger partial charge in [-0.05, 0) is 58.8 Å². The number of carbonyl (C=O) groups is 1. The predicted molar refractivity (Wildman–Crippen MR) is 81.5 cm³/mol. The molecule has 20 heavy (non-hydrogen) atoms. The lowest BCUT2D eigenvalue weighted by Crippen LogP contribution is -2.45. The van der Waals surface area contributed by atoms with Crippen LogP contribution in [0.4, 0.5) is 0 Å². The maximum atomic E-state index is 11.9. The highest BCUT2D eigenvalue weighted by Crippen LogP contribution is 2.20. The minimum atomic E-state index is 0.165. The van der Waals surface area contributed by atoms with Crippen LogP contribution in [0.25, 0.3) is 0 Å². The number of nitrogens with two attached hydrogens (primary N) is 1. The highest BCUT2D eigenvalue weighted by molar-refractivity contribution is 5.77. The summed E-state index contributed by atoms with van der Waals surface area (Å²) in [6.07, 6.45) is 5.34. The van der Waals surface area contributed by atoms with Gasteiger partial charge in [-0.3, -0.25) is 4.79 Å². The highest BCUT2D eigenvalue weighted by Gasteiger charge is 2.26. The quantitative estimate of drug-likeness (QED) is 0.703. The first-order valence-corrected chi connectivity index (χ1v) is 7.96. The molecule has 0 spiro atoms. The smallest absolute Gasteiger partial charge is 0.221 e. The predicted octanol–water partition coefficient (Wildman–Crippen LogP) is 0.256. The van der Waals surface area contributed by atoms with Crippen molar-refractivity contribution in [3.05, 3.63) is 0 Å². The van der Waals surface area contributed by atoms with Crippen LogP contribution in [0.1, 0.15) is 32.1 Å². The Bertz CT molecular complexity index is 311. The molecule has 1 unspecified atom stereocenters. The van der Waals surface area contributed by atoms with Gasteiger partial charge in [-0.25, -0.2) is 0 Å². The second-order valence-electron chi connectivity index (χ2n) is 6.62. The monoisotopic (exact) mass is 282 g/mol. The molecule has 1 aliphatic carbocycles. The van der Waals surface area contributed by atoms with Crippen LogP contribution in [0.15, 0.2) is 0 Å². The third-order valence-corrected chi connectivity index (χ3v) is 4.64. The summed E-state index contributed by atoms with van der Waals surface area (Å²) in [6.45, 7) is 4.00. The molecule has 1 saturated heterocycles. The van der Waals surface area contributed by atoms with Gasteiger partial charge in [0, 0.05) is 31.6 Å². The van der Waals surface area contributed by atoms with E-state index in [4.69, 9.17) is 5.73 Å². The molecule has 3 N–H and O–H groups in total. The van der Waals surface area contributed by atoms with Crippen LogP contribution < -0.4 is 11.1 Å². The van der Waals surface area contributed by atoms with Crippen LogP contribution in [-0.2, 0) is 4.79 Å². The van der Waals surface area contributed by atoms with E-state index in [9.17, 15) is 4.79 Å². The van der Waals surface area contributed by atoms with E-state index in [-0.39, 0.29) is 11.9 Å². The number of amides is 1. The Morgan fingerprint density at radius 1 is 1.35 bits per heavy atom. The van der Waals surface area contributed by atoms with E-state index in [1.807, 2.05) is 0 Å². The second-order valence-corrected chi connectivity index (χ2v) is 6.62. The standard InChI is InChI=1S/C15H30N4O/c1-18-7-5-12(6-8-18)11-19(2)14(10-16)9-15(20)17-13-3-4-13/h12-14H,3-11,16H2,1-2H3,(H,17,20). The van der Waals surface area contributed by atoms with Gasteiger partial charge in [0.2, 0.25) is 5.91 Å². The highest BCUT2D eigenvalue weighted by atomic mass is 16.1. The Kier molecular flexibility index (Phi) is 5.81. The normalized spacial score (nSPS) is 23.0. The average molecular weight is 282 g/mol. The Labute approximate surface area is 122 Å². The molecule has 0 radical (unpaired) electrons. The van der Waals surface area contributed by atoms with E-state index in [0.717, 1.165) is 25.3 Å². The summed E-state index contributed by atoms with van der Waals surface area (Å²) >= 11 is 0. The largest absolute Gasteiger partial charge is 0.353 e. The molecular formula is C15H30N4O. The molecule has 1 saturated carbocycles. The topological polar surface area (TPSA) is 61.6 Å². The molecule has 1 aliphatic heterocycles. The van der Waals surface area contributed by atoms with E-state index in [2.05, 4.69) is 29.2 Å². The summed E-state index contributed by atoms with van der Waals surface area (Å²) < 4.78 is 0. The number of hydrogen-bond donors (Lipinski definition) is 2. The van der Waals surface area contributed by atoms with Gasteiger partial charge in [-0.1, -0.05) is 0 Å². The summed E-state index contributed by atoms with van der Waals surface area (Å²) in [7, 11) is 4.30. The molecule has 5 nitrogen and oxygen atoms in total. The number of likely N-dealkylation sites (N-methyl/N-ethyl adjacent to an activating group) is 1. The number of hydrogen-bond acceptors (Lipinski definition) is 4. The van der Waals surface area contributed by atoms with Gasteiger partial charge in [-0.2, -0.15) is 0 Å². The fraction of sp³-hybridized carbons (Fsp3) is 0.933. The van der Waals surface area contributed by atoms with Crippen molar-refractivity contribution in [2.24, 2.45) is 11.7 Å². The zero-order valence-electron chi connectivity index (χ0n) is 13.0. The van der Waals surface area contributed by atoms with Gasteiger partial charge in [0.05, 0.1) is 0 Å². The maximum Gasteiger partial charge on any atom is 0.221 e. The Morgan fingerprint density at radius 2 is 2.00 bits per heavy atom. The van der Waals surface area contributed by atoms with Gasteiger partial charge in [-0.15, -0.1) is 0 Å². The van der Waals surface area contributed by atoms with Gasteiger partial charge < -0.3 is 20.9 Å². The molecule has 2 rings (SSSR count). The molecule has 2 aliphatic rings. The molecule has 0 bridgehead atoms. The minimum Gasteiger partial charge on any atom is -0.353 e. The fourth-order valence-electron chi connectivity index (χ4n) is 2.95. The molecule has 1 heterocycles. The van der Waals surface area contributed by atoms with E-state index in [0.29, 0.717) is 19.0 Å². The molecule has 0 aromatic heterocycles. The van der Waals surface area contributed by atoms with E-state index in [1.165, 1.54) is 25.9 Å². The van der Waals surface area contributed by atoms with Crippen LogP contribution in [0.5, 0.6) is 0 Å². The van der Waals surface area contributed by atoms with Gasteiger partial charge in [0.1, 0.15) is 0 Å². The number of likely N-dealkylation sites (tertiary alicyclic amines) is 1. The SMILES string of the molecule is CN1CCC(CN(C)C(CN)CC(=O)NC2CC2)CC1. The van der Waals surface area contributed by atoms with E-state index in [1.54, 1.807) is 0 Å². The van der Waals surface area contributed by atoms with Crippen molar-refractivity contribution in [2.45, 2.75) is 44.2 Å².